The lowest BCUT2D eigenvalue weighted by Crippen LogP contribution is -2.30. The Balaban J connectivity index is 1.87. The molecule has 3 aromatic rings. The highest BCUT2D eigenvalue weighted by Gasteiger charge is 2.49. The molecule has 0 spiro atoms. The van der Waals surface area contributed by atoms with Crippen LogP contribution in [0.25, 0.3) is 5.76 Å². The molecule has 1 saturated heterocycles. The molecule has 4 rings (SSSR count). The molecule has 6 nitrogen and oxygen atoms in total. The second-order valence-corrected chi connectivity index (χ2v) is 7.90. The summed E-state index contributed by atoms with van der Waals surface area (Å²) in [4.78, 5) is 26.8. The van der Waals surface area contributed by atoms with Gasteiger partial charge >= 0.3 is 0 Å². The Morgan fingerprint density at radius 1 is 1.06 bits per heavy atom. The Kier molecular flexibility index (Phi) is 5.76. The number of amides is 1. The highest BCUT2D eigenvalue weighted by atomic mass is 19.1. The number of rotatable bonds is 5. The molecule has 0 saturated carbocycles. The van der Waals surface area contributed by atoms with Gasteiger partial charge in [0.25, 0.3) is 11.7 Å². The molecule has 1 unspecified atom stereocenters. The zero-order chi connectivity index (χ0) is 23.9. The zero-order valence-electron chi connectivity index (χ0n) is 18.1. The Hall–Kier alpha value is -3.94. The smallest absolute Gasteiger partial charge is 0.300 e. The molecule has 1 atom stereocenters. The third-order valence-electron chi connectivity index (χ3n) is 5.14. The largest absolute Gasteiger partial charge is 0.507 e. The number of aliphatic hydroxyl groups is 1. The molecule has 1 amide bonds. The highest BCUT2D eigenvalue weighted by Crippen LogP contribution is 2.43. The highest BCUT2D eigenvalue weighted by molar-refractivity contribution is 6.51. The molecule has 2 heterocycles. The Morgan fingerprint density at radius 3 is 2.33 bits per heavy atom. The van der Waals surface area contributed by atoms with Crippen LogP contribution in [-0.4, -0.2) is 22.9 Å². The van der Waals surface area contributed by atoms with Crippen LogP contribution in [-0.2, 0) is 9.59 Å². The van der Waals surface area contributed by atoms with Crippen LogP contribution in [0.2, 0.25) is 0 Å². The monoisotopic (exact) mass is 453 g/mol. The maximum absolute atomic E-state index is 14.6. The number of aryl methyl sites for hydroxylation is 1. The number of carbonyl (C=O) groups excluding carboxylic acids is 2. The summed E-state index contributed by atoms with van der Waals surface area (Å²) in [5.41, 5.74) is -0.315. The molecule has 1 N–H and O–H groups in total. The Labute approximate surface area is 188 Å². The number of Topliss-reactive ketones (excluding diaryl/α,β-unsaturated/α-hetero) is 1. The summed E-state index contributed by atoms with van der Waals surface area (Å²) in [5, 5.41) is 11.0. The van der Waals surface area contributed by atoms with E-state index in [1.54, 1.807) is 37.3 Å². The van der Waals surface area contributed by atoms with Gasteiger partial charge in [0.05, 0.1) is 17.4 Å². The second-order valence-electron chi connectivity index (χ2n) is 7.90. The summed E-state index contributed by atoms with van der Waals surface area (Å²) < 4.78 is 39.3. The van der Waals surface area contributed by atoms with Crippen molar-refractivity contribution in [3.8, 4) is 5.75 Å². The summed E-state index contributed by atoms with van der Waals surface area (Å²) in [6.45, 7) is 5.41. The molecule has 0 aliphatic carbocycles. The predicted octanol–water partition coefficient (Wildman–Crippen LogP) is 5.28. The third kappa shape index (κ3) is 4.11. The summed E-state index contributed by atoms with van der Waals surface area (Å²) in [6, 6.07) is 10.9. The lowest BCUT2D eigenvalue weighted by molar-refractivity contribution is -0.132. The van der Waals surface area contributed by atoms with Crippen molar-refractivity contribution in [1.82, 2.24) is 0 Å². The minimum Gasteiger partial charge on any atom is -0.507 e. The number of hydrogen-bond acceptors (Lipinski definition) is 5. The predicted molar refractivity (Wildman–Crippen MR) is 117 cm³/mol. The van der Waals surface area contributed by atoms with E-state index in [0.29, 0.717) is 17.6 Å². The first-order chi connectivity index (χ1) is 15.7. The van der Waals surface area contributed by atoms with Crippen LogP contribution in [0.4, 0.5) is 14.5 Å². The maximum Gasteiger partial charge on any atom is 0.300 e. The van der Waals surface area contributed by atoms with Crippen molar-refractivity contribution < 1.29 is 32.6 Å². The molecular weight excluding hydrogens is 432 g/mol. The van der Waals surface area contributed by atoms with Gasteiger partial charge in [-0.2, -0.15) is 0 Å². The van der Waals surface area contributed by atoms with E-state index in [4.69, 9.17) is 9.15 Å². The topological polar surface area (TPSA) is 80.0 Å². The first-order valence-electron chi connectivity index (χ1n) is 10.3. The molecule has 1 fully saturated rings. The van der Waals surface area contributed by atoms with E-state index in [1.807, 2.05) is 13.8 Å². The number of carbonyl (C=O) groups is 2. The molecular formula is C25H21F2NO5. The number of ether oxygens (including phenoxy) is 1. The van der Waals surface area contributed by atoms with Gasteiger partial charge in [-0.25, -0.2) is 8.78 Å². The first-order valence-corrected chi connectivity index (χ1v) is 10.3. The second kappa shape index (κ2) is 8.54. The van der Waals surface area contributed by atoms with Gasteiger partial charge in [-0.05, 0) is 69.3 Å². The maximum atomic E-state index is 14.6. The van der Waals surface area contributed by atoms with E-state index in [2.05, 4.69) is 0 Å². The number of halogens is 2. The summed E-state index contributed by atoms with van der Waals surface area (Å²) in [7, 11) is 0. The average molecular weight is 453 g/mol. The number of benzene rings is 2. The van der Waals surface area contributed by atoms with E-state index >= 15 is 0 Å². The minimum atomic E-state index is -1.25. The van der Waals surface area contributed by atoms with E-state index in [-0.39, 0.29) is 28.7 Å². The standard InChI is InChI=1S/C25H21F2NO5/c1-13(2)32-17-8-5-15(6-9-17)23(29)21-22(20-11-4-14(3)33-20)28(25(31)24(21)30)19-10-7-16(26)12-18(19)27/h4-13,22,29H,1-3H3/b23-21-. The number of furan rings is 1. The normalized spacial score (nSPS) is 17.8. The molecule has 0 bridgehead atoms. The number of anilines is 1. The minimum absolute atomic E-state index is 0.0532. The van der Waals surface area contributed by atoms with E-state index in [0.717, 1.165) is 17.0 Å². The van der Waals surface area contributed by atoms with Gasteiger partial charge < -0.3 is 14.3 Å². The molecule has 8 heteroatoms. The van der Waals surface area contributed by atoms with Gasteiger partial charge in [0.1, 0.15) is 40.7 Å². The van der Waals surface area contributed by atoms with Crippen molar-refractivity contribution in [3.63, 3.8) is 0 Å². The van der Waals surface area contributed by atoms with Gasteiger partial charge in [-0.3, -0.25) is 14.5 Å². The van der Waals surface area contributed by atoms with Crippen molar-refractivity contribution in [2.75, 3.05) is 4.90 Å². The SMILES string of the molecule is Cc1ccc(C2/C(=C(/O)c3ccc(OC(C)C)cc3)C(=O)C(=O)N2c2ccc(F)cc2F)o1. The molecule has 0 radical (unpaired) electrons. The molecule has 1 aromatic heterocycles. The van der Waals surface area contributed by atoms with Gasteiger partial charge in [-0.1, -0.05) is 0 Å². The fourth-order valence-corrected chi connectivity index (χ4v) is 3.75. The molecule has 170 valence electrons. The lowest BCUT2D eigenvalue weighted by atomic mass is 9.99. The molecule has 1 aliphatic rings. The Morgan fingerprint density at radius 2 is 1.76 bits per heavy atom. The van der Waals surface area contributed by atoms with Crippen LogP contribution >= 0.6 is 0 Å². The average Bonchev–Trinajstić information content (AvgIpc) is 3.29. The first kappa shape index (κ1) is 22.3. The molecule has 1 aliphatic heterocycles. The van der Waals surface area contributed by atoms with Crippen LogP contribution in [0.1, 0.15) is 37.0 Å². The van der Waals surface area contributed by atoms with Gasteiger partial charge in [-0.15, -0.1) is 0 Å². The number of hydrogen-bond donors (Lipinski definition) is 1. The van der Waals surface area contributed by atoms with Gasteiger partial charge in [0.15, 0.2) is 0 Å². The van der Waals surface area contributed by atoms with E-state index in [9.17, 15) is 23.5 Å². The molecule has 2 aromatic carbocycles. The molecule has 33 heavy (non-hydrogen) atoms. The third-order valence-corrected chi connectivity index (χ3v) is 5.14. The summed E-state index contributed by atoms with van der Waals surface area (Å²) in [6.07, 6.45) is -0.0532. The lowest BCUT2D eigenvalue weighted by Gasteiger charge is -2.23. The fraction of sp³-hybridized carbons (Fsp3) is 0.200. The van der Waals surface area contributed by atoms with Gasteiger partial charge in [0, 0.05) is 11.6 Å². The van der Waals surface area contributed by atoms with E-state index in [1.165, 1.54) is 6.07 Å². The fourth-order valence-electron chi connectivity index (χ4n) is 3.75. The number of aliphatic hydroxyl groups excluding tert-OH is 1. The van der Waals surface area contributed by atoms with Crippen molar-refractivity contribution in [2.24, 2.45) is 0 Å². The quantitative estimate of drug-likeness (QED) is 0.323. The van der Waals surface area contributed by atoms with Crippen LogP contribution < -0.4 is 9.64 Å². The Bertz CT molecular complexity index is 1260. The van der Waals surface area contributed by atoms with Crippen molar-refractivity contribution >= 4 is 23.1 Å². The van der Waals surface area contributed by atoms with Crippen LogP contribution in [0.15, 0.2) is 64.6 Å². The summed E-state index contributed by atoms with van der Waals surface area (Å²) >= 11 is 0. The number of ketones is 1. The van der Waals surface area contributed by atoms with Crippen molar-refractivity contribution in [2.45, 2.75) is 32.9 Å². The van der Waals surface area contributed by atoms with Crippen molar-refractivity contribution in [1.29, 1.82) is 0 Å². The van der Waals surface area contributed by atoms with Crippen LogP contribution in [0.5, 0.6) is 5.75 Å². The van der Waals surface area contributed by atoms with Gasteiger partial charge in [0.2, 0.25) is 0 Å². The van der Waals surface area contributed by atoms with Crippen LogP contribution in [0, 0.1) is 18.6 Å². The van der Waals surface area contributed by atoms with Crippen molar-refractivity contribution in [3.05, 3.63) is 88.9 Å². The summed E-state index contributed by atoms with van der Waals surface area (Å²) in [5.74, 6) is -3.19. The van der Waals surface area contributed by atoms with Crippen LogP contribution in [0.3, 0.4) is 0 Å². The van der Waals surface area contributed by atoms with E-state index < -0.39 is 35.1 Å². The number of nitrogens with zero attached hydrogens (tertiary/aromatic N) is 1. The zero-order valence-corrected chi connectivity index (χ0v) is 18.1.